The minimum absolute atomic E-state index is 0.186. The molecule has 1 aromatic rings. The lowest BCUT2D eigenvalue weighted by molar-refractivity contribution is -0.0879. The first-order valence-electron chi connectivity index (χ1n) is 4.63. The third-order valence-corrected chi connectivity index (χ3v) is 2.68. The Morgan fingerprint density at radius 2 is 2.00 bits per heavy atom. The van der Waals surface area contributed by atoms with Crippen molar-refractivity contribution in [2.24, 2.45) is 0 Å². The minimum Gasteiger partial charge on any atom is -0.508 e. The molecule has 0 aliphatic heterocycles. The summed E-state index contributed by atoms with van der Waals surface area (Å²) in [5.41, 5.74) is -0.628. The van der Waals surface area contributed by atoms with Crippen molar-refractivity contribution in [3.8, 4) is 5.75 Å². The quantitative estimate of drug-likeness (QED) is 0.806. The van der Waals surface area contributed by atoms with Gasteiger partial charge < -0.3 is 14.9 Å². The van der Waals surface area contributed by atoms with Crippen LogP contribution in [-0.2, 0) is 10.3 Å². The summed E-state index contributed by atoms with van der Waals surface area (Å²) in [6.07, 6.45) is -0.816. The van der Waals surface area contributed by atoms with Gasteiger partial charge in [0.2, 0.25) is 0 Å². The number of halogens is 1. The first-order chi connectivity index (χ1) is 6.90. The van der Waals surface area contributed by atoms with Gasteiger partial charge in [-0.05, 0) is 31.5 Å². The van der Waals surface area contributed by atoms with E-state index in [0.29, 0.717) is 5.56 Å². The largest absolute Gasteiger partial charge is 0.508 e. The molecule has 2 unspecified atom stereocenters. The Labute approximate surface area is 88.1 Å². The van der Waals surface area contributed by atoms with Crippen molar-refractivity contribution >= 4 is 0 Å². The number of aliphatic hydroxyl groups is 1. The number of methoxy groups -OCH3 is 1. The average molecular weight is 214 g/mol. The van der Waals surface area contributed by atoms with Crippen LogP contribution in [0.2, 0.25) is 0 Å². The van der Waals surface area contributed by atoms with Crippen LogP contribution in [0.3, 0.4) is 0 Å². The molecule has 84 valence electrons. The molecule has 0 saturated heterocycles. The van der Waals surface area contributed by atoms with Crippen molar-refractivity contribution in [1.29, 1.82) is 0 Å². The molecule has 2 atom stereocenters. The normalized spacial score (nSPS) is 17.1. The van der Waals surface area contributed by atoms with Crippen LogP contribution in [0, 0.1) is 5.82 Å². The zero-order chi connectivity index (χ0) is 11.6. The van der Waals surface area contributed by atoms with E-state index in [1.165, 1.54) is 19.2 Å². The predicted octanol–water partition coefficient (Wildman–Crippen LogP) is 1.77. The molecule has 0 spiro atoms. The first kappa shape index (κ1) is 11.9. The molecular formula is C11H15FO3. The second-order valence-electron chi connectivity index (χ2n) is 3.69. The number of rotatable bonds is 3. The predicted molar refractivity (Wildman–Crippen MR) is 54.1 cm³/mol. The van der Waals surface area contributed by atoms with E-state index in [0.717, 1.165) is 6.07 Å². The zero-order valence-corrected chi connectivity index (χ0v) is 8.99. The van der Waals surface area contributed by atoms with Crippen LogP contribution in [0.15, 0.2) is 18.2 Å². The van der Waals surface area contributed by atoms with Gasteiger partial charge in [-0.2, -0.15) is 0 Å². The number of hydrogen-bond donors (Lipinski definition) is 2. The van der Waals surface area contributed by atoms with Crippen LogP contribution in [0.5, 0.6) is 5.75 Å². The second-order valence-corrected chi connectivity index (χ2v) is 3.69. The highest BCUT2D eigenvalue weighted by Gasteiger charge is 2.32. The highest BCUT2D eigenvalue weighted by molar-refractivity contribution is 5.32. The molecule has 0 aliphatic carbocycles. The molecule has 1 rings (SSSR count). The number of aliphatic hydroxyl groups excluding tert-OH is 1. The molecule has 0 fully saturated rings. The summed E-state index contributed by atoms with van der Waals surface area (Å²) >= 11 is 0. The fourth-order valence-electron chi connectivity index (χ4n) is 1.39. The topological polar surface area (TPSA) is 49.7 Å². The number of phenolic OH excluding ortho intramolecular Hbond substituents is 1. The van der Waals surface area contributed by atoms with Crippen LogP contribution in [0.1, 0.15) is 19.4 Å². The summed E-state index contributed by atoms with van der Waals surface area (Å²) < 4.78 is 18.2. The molecule has 0 heterocycles. The SMILES string of the molecule is COC(C)(c1cc(O)cc(F)c1)C(C)O. The van der Waals surface area contributed by atoms with Crippen LogP contribution in [0.25, 0.3) is 0 Å². The van der Waals surface area contributed by atoms with Crippen LogP contribution < -0.4 is 0 Å². The highest BCUT2D eigenvalue weighted by Crippen LogP contribution is 2.31. The summed E-state index contributed by atoms with van der Waals surface area (Å²) in [6.45, 7) is 3.18. The van der Waals surface area contributed by atoms with Crippen LogP contribution >= 0.6 is 0 Å². The van der Waals surface area contributed by atoms with Gasteiger partial charge >= 0.3 is 0 Å². The van der Waals surface area contributed by atoms with E-state index < -0.39 is 17.5 Å². The third kappa shape index (κ3) is 2.27. The number of benzene rings is 1. The molecule has 3 nitrogen and oxygen atoms in total. The van der Waals surface area contributed by atoms with Gasteiger partial charge in [-0.3, -0.25) is 0 Å². The third-order valence-electron chi connectivity index (χ3n) is 2.68. The van der Waals surface area contributed by atoms with Gasteiger partial charge in [0.25, 0.3) is 0 Å². The summed E-state index contributed by atoms with van der Waals surface area (Å²) in [6, 6.07) is 3.61. The van der Waals surface area contributed by atoms with Gasteiger partial charge in [-0.1, -0.05) is 0 Å². The van der Waals surface area contributed by atoms with Gasteiger partial charge in [-0.25, -0.2) is 4.39 Å². The molecule has 0 bridgehead atoms. The van der Waals surface area contributed by atoms with E-state index in [1.807, 2.05) is 0 Å². The summed E-state index contributed by atoms with van der Waals surface area (Å²) in [5.74, 6) is -0.747. The number of hydrogen-bond acceptors (Lipinski definition) is 3. The van der Waals surface area contributed by atoms with E-state index in [2.05, 4.69) is 0 Å². The minimum atomic E-state index is -1.03. The Bertz CT molecular complexity index is 331. The Kier molecular flexibility index (Phi) is 3.31. The smallest absolute Gasteiger partial charge is 0.127 e. The Hall–Kier alpha value is -1.13. The van der Waals surface area contributed by atoms with Crippen molar-refractivity contribution in [2.75, 3.05) is 7.11 Å². The Morgan fingerprint density at radius 3 is 2.40 bits per heavy atom. The second kappa shape index (κ2) is 4.16. The van der Waals surface area contributed by atoms with Gasteiger partial charge in [0.1, 0.15) is 17.2 Å². The molecular weight excluding hydrogens is 199 g/mol. The maximum atomic E-state index is 13.1. The van der Waals surface area contributed by atoms with Crippen LogP contribution in [-0.4, -0.2) is 23.4 Å². The van der Waals surface area contributed by atoms with Crippen molar-refractivity contribution in [3.63, 3.8) is 0 Å². The lowest BCUT2D eigenvalue weighted by atomic mass is 9.90. The lowest BCUT2D eigenvalue weighted by Crippen LogP contribution is -2.36. The van der Waals surface area contributed by atoms with Crippen molar-refractivity contribution in [2.45, 2.75) is 25.6 Å². The molecule has 0 saturated carbocycles. The molecule has 0 aromatic heterocycles. The van der Waals surface area contributed by atoms with Crippen LogP contribution in [0.4, 0.5) is 4.39 Å². The molecule has 0 amide bonds. The molecule has 0 aliphatic rings. The van der Waals surface area contributed by atoms with E-state index in [4.69, 9.17) is 4.74 Å². The van der Waals surface area contributed by atoms with Crippen molar-refractivity contribution < 1.29 is 19.3 Å². The van der Waals surface area contributed by atoms with Gasteiger partial charge in [0, 0.05) is 13.2 Å². The monoisotopic (exact) mass is 214 g/mol. The van der Waals surface area contributed by atoms with E-state index in [-0.39, 0.29) is 5.75 Å². The first-order valence-corrected chi connectivity index (χ1v) is 4.63. The number of aromatic hydroxyl groups is 1. The summed E-state index contributed by atoms with van der Waals surface area (Å²) in [7, 11) is 1.43. The van der Waals surface area contributed by atoms with Crippen molar-refractivity contribution in [1.82, 2.24) is 0 Å². The van der Waals surface area contributed by atoms with E-state index in [9.17, 15) is 14.6 Å². The van der Waals surface area contributed by atoms with Gasteiger partial charge in [-0.15, -0.1) is 0 Å². The van der Waals surface area contributed by atoms with Gasteiger partial charge in [0.05, 0.1) is 6.10 Å². The summed E-state index contributed by atoms with van der Waals surface area (Å²) in [4.78, 5) is 0. The standard InChI is InChI=1S/C11H15FO3/c1-7(13)11(2,15-3)8-4-9(12)6-10(14)5-8/h4-7,13-14H,1-3H3. The average Bonchev–Trinajstić information content (AvgIpc) is 2.14. The van der Waals surface area contributed by atoms with Gasteiger partial charge in [0.15, 0.2) is 0 Å². The Morgan fingerprint density at radius 1 is 1.40 bits per heavy atom. The fourth-order valence-corrected chi connectivity index (χ4v) is 1.39. The zero-order valence-electron chi connectivity index (χ0n) is 8.99. The molecule has 4 heteroatoms. The number of ether oxygens (including phenoxy) is 1. The van der Waals surface area contributed by atoms with E-state index >= 15 is 0 Å². The van der Waals surface area contributed by atoms with E-state index in [1.54, 1.807) is 13.8 Å². The molecule has 15 heavy (non-hydrogen) atoms. The maximum absolute atomic E-state index is 13.1. The van der Waals surface area contributed by atoms with Crippen molar-refractivity contribution in [3.05, 3.63) is 29.6 Å². The Balaban J connectivity index is 3.23. The lowest BCUT2D eigenvalue weighted by Gasteiger charge is -2.31. The fraction of sp³-hybridized carbons (Fsp3) is 0.455. The highest BCUT2D eigenvalue weighted by atomic mass is 19.1. The number of phenols is 1. The molecule has 1 aromatic carbocycles. The molecule has 0 radical (unpaired) electrons. The molecule has 2 N–H and O–H groups in total. The maximum Gasteiger partial charge on any atom is 0.127 e. The summed E-state index contributed by atoms with van der Waals surface area (Å²) in [5, 5.41) is 18.8.